The van der Waals surface area contributed by atoms with Gasteiger partial charge in [0, 0.05) is 16.7 Å². The van der Waals surface area contributed by atoms with Gasteiger partial charge in [0.05, 0.1) is 29.1 Å². The highest BCUT2D eigenvalue weighted by molar-refractivity contribution is 9.10. The summed E-state index contributed by atoms with van der Waals surface area (Å²) in [6.07, 6.45) is 0. The zero-order valence-electron chi connectivity index (χ0n) is 15.4. The van der Waals surface area contributed by atoms with Gasteiger partial charge in [-0.05, 0) is 37.3 Å². The lowest BCUT2D eigenvalue weighted by Crippen LogP contribution is -2.27. The summed E-state index contributed by atoms with van der Waals surface area (Å²) in [6, 6.07) is 15.3. The molecule has 0 aliphatic rings. The van der Waals surface area contributed by atoms with Crippen molar-refractivity contribution in [2.45, 2.75) is 20.0 Å². The largest absolute Gasteiger partial charge is 0.348 e. The zero-order chi connectivity index (χ0) is 19.9. The number of rotatable bonds is 8. The molecule has 0 saturated heterocycles. The fraction of sp³-hybridized carbons (Fsp3) is 0.250. The van der Waals surface area contributed by atoms with Crippen molar-refractivity contribution in [1.29, 1.82) is 0 Å². The highest BCUT2D eigenvalue weighted by Gasteiger charge is 2.11. The lowest BCUT2D eigenvalue weighted by atomic mass is 10.3. The summed E-state index contributed by atoms with van der Waals surface area (Å²) in [5, 5.41) is 5.69. The van der Waals surface area contributed by atoms with Crippen molar-refractivity contribution in [2.75, 3.05) is 16.8 Å². The minimum Gasteiger partial charge on any atom is -0.348 e. The van der Waals surface area contributed by atoms with E-state index in [1.165, 1.54) is 11.8 Å². The first-order valence-electron chi connectivity index (χ1n) is 8.91. The van der Waals surface area contributed by atoms with Gasteiger partial charge in [0.2, 0.25) is 11.8 Å². The van der Waals surface area contributed by atoms with Gasteiger partial charge in [0.25, 0.3) is 0 Å². The molecule has 0 saturated carbocycles. The van der Waals surface area contributed by atoms with Crippen molar-refractivity contribution in [3.8, 4) is 0 Å². The normalized spacial score (nSPS) is 10.8. The van der Waals surface area contributed by atoms with Crippen LogP contribution in [0.2, 0.25) is 0 Å². The highest BCUT2D eigenvalue weighted by atomic mass is 79.9. The number of aryl methyl sites for hydroxylation is 1. The van der Waals surface area contributed by atoms with Gasteiger partial charge in [-0.25, -0.2) is 4.98 Å². The predicted octanol–water partition coefficient (Wildman–Crippen LogP) is 3.81. The summed E-state index contributed by atoms with van der Waals surface area (Å²) >= 11 is 4.65. The molecule has 3 aromatic rings. The molecule has 8 heteroatoms. The fourth-order valence-electron chi connectivity index (χ4n) is 2.84. The number of amides is 2. The van der Waals surface area contributed by atoms with Crippen LogP contribution in [-0.2, 0) is 22.7 Å². The molecule has 0 spiro atoms. The van der Waals surface area contributed by atoms with Crippen LogP contribution >= 0.6 is 27.7 Å². The molecule has 0 bridgehead atoms. The molecule has 3 rings (SSSR count). The number of hydrogen-bond acceptors (Lipinski definition) is 4. The number of benzene rings is 2. The van der Waals surface area contributed by atoms with Crippen molar-refractivity contribution < 1.29 is 9.59 Å². The van der Waals surface area contributed by atoms with Crippen molar-refractivity contribution in [1.82, 2.24) is 14.9 Å². The topological polar surface area (TPSA) is 76.0 Å². The third-order valence-electron chi connectivity index (χ3n) is 4.07. The molecule has 1 aromatic heterocycles. The van der Waals surface area contributed by atoms with Crippen LogP contribution in [0.25, 0.3) is 11.0 Å². The van der Waals surface area contributed by atoms with E-state index in [0.29, 0.717) is 6.54 Å². The number of imidazole rings is 1. The van der Waals surface area contributed by atoms with E-state index in [1.807, 2.05) is 48.5 Å². The van der Waals surface area contributed by atoms with Crippen LogP contribution in [0.15, 0.2) is 53.0 Å². The number of nitrogens with one attached hydrogen (secondary N) is 2. The summed E-state index contributed by atoms with van der Waals surface area (Å²) < 4.78 is 2.99. The van der Waals surface area contributed by atoms with Gasteiger partial charge in [-0.3, -0.25) is 9.59 Å². The molecular formula is C20H21BrN4O2S. The van der Waals surface area contributed by atoms with E-state index >= 15 is 0 Å². The standard InChI is InChI=1S/C20H21BrN4O2S/c1-2-25-17-9-4-3-8-16(17)24-18(25)11-22-19(26)12-28-13-20(27)23-15-7-5-6-14(21)10-15/h3-10H,2,11-13H2,1H3,(H,22,26)(H,23,27). The summed E-state index contributed by atoms with van der Waals surface area (Å²) in [5.41, 5.74) is 2.71. The molecule has 0 unspecified atom stereocenters. The molecule has 0 aliphatic carbocycles. The van der Waals surface area contributed by atoms with Gasteiger partial charge in [0.1, 0.15) is 5.82 Å². The summed E-state index contributed by atoms with van der Waals surface area (Å²) in [5.74, 6) is 1.01. The van der Waals surface area contributed by atoms with Gasteiger partial charge in [-0.15, -0.1) is 11.8 Å². The molecule has 1 heterocycles. The van der Waals surface area contributed by atoms with Gasteiger partial charge < -0.3 is 15.2 Å². The van der Waals surface area contributed by atoms with Crippen LogP contribution in [0.5, 0.6) is 0 Å². The molecule has 2 N–H and O–H groups in total. The molecular weight excluding hydrogens is 440 g/mol. The van der Waals surface area contributed by atoms with Crippen LogP contribution in [0.4, 0.5) is 5.69 Å². The molecule has 0 fully saturated rings. The first-order chi connectivity index (χ1) is 13.6. The van der Waals surface area contributed by atoms with E-state index in [4.69, 9.17) is 0 Å². The molecule has 0 radical (unpaired) electrons. The number of hydrogen-bond donors (Lipinski definition) is 2. The van der Waals surface area contributed by atoms with Crippen molar-refractivity contribution in [2.24, 2.45) is 0 Å². The maximum Gasteiger partial charge on any atom is 0.234 e. The van der Waals surface area contributed by atoms with Crippen LogP contribution in [0.3, 0.4) is 0 Å². The lowest BCUT2D eigenvalue weighted by molar-refractivity contribution is -0.118. The maximum atomic E-state index is 12.1. The Morgan fingerprint density at radius 3 is 2.68 bits per heavy atom. The Balaban J connectivity index is 1.44. The average molecular weight is 461 g/mol. The Morgan fingerprint density at radius 2 is 1.89 bits per heavy atom. The summed E-state index contributed by atoms with van der Waals surface area (Å²) in [7, 11) is 0. The highest BCUT2D eigenvalue weighted by Crippen LogP contribution is 2.17. The number of carbonyl (C=O) groups excluding carboxylic acids is 2. The van der Waals surface area contributed by atoms with E-state index in [-0.39, 0.29) is 23.3 Å². The van der Waals surface area contributed by atoms with Crippen molar-refractivity contribution in [3.63, 3.8) is 0 Å². The van der Waals surface area contributed by atoms with Crippen LogP contribution in [0, 0.1) is 0 Å². The van der Waals surface area contributed by atoms with E-state index in [0.717, 1.165) is 33.6 Å². The maximum absolute atomic E-state index is 12.1. The monoisotopic (exact) mass is 460 g/mol. The number of fused-ring (bicyclic) bond motifs is 1. The molecule has 6 nitrogen and oxygen atoms in total. The predicted molar refractivity (Wildman–Crippen MR) is 117 cm³/mol. The molecule has 28 heavy (non-hydrogen) atoms. The van der Waals surface area contributed by atoms with Crippen molar-refractivity contribution >= 4 is 56.2 Å². The number of anilines is 1. The second-order valence-electron chi connectivity index (χ2n) is 6.09. The Labute approximate surface area is 176 Å². The van der Waals surface area contributed by atoms with E-state index in [9.17, 15) is 9.59 Å². The molecule has 0 aliphatic heterocycles. The zero-order valence-corrected chi connectivity index (χ0v) is 17.8. The Hall–Kier alpha value is -2.32. The molecule has 146 valence electrons. The van der Waals surface area contributed by atoms with E-state index in [2.05, 4.69) is 43.0 Å². The number of halogens is 1. The van der Waals surface area contributed by atoms with Crippen LogP contribution in [-0.4, -0.2) is 32.9 Å². The van der Waals surface area contributed by atoms with Crippen molar-refractivity contribution in [3.05, 3.63) is 58.8 Å². The number of para-hydroxylation sites is 2. The second-order valence-corrected chi connectivity index (χ2v) is 7.99. The van der Waals surface area contributed by atoms with Gasteiger partial charge >= 0.3 is 0 Å². The summed E-state index contributed by atoms with van der Waals surface area (Å²) in [6.45, 7) is 3.21. The number of aromatic nitrogens is 2. The van der Waals surface area contributed by atoms with Crippen LogP contribution < -0.4 is 10.6 Å². The average Bonchev–Trinajstić information content (AvgIpc) is 3.04. The Kier molecular flexibility index (Phi) is 7.11. The number of nitrogens with zero attached hydrogens (tertiary/aromatic N) is 2. The number of thioether (sulfide) groups is 1. The van der Waals surface area contributed by atoms with E-state index in [1.54, 1.807) is 0 Å². The Morgan fingerprint density at radius 1 is 1.11 bits per heavy atom. The lowest BCUT2D eigenvalue weighted by Gasteiger charge is -2.08. The third-order valence-corrected chi connectivity index (χ3v) is 5.49. The second kappa shape index (κ2) is 9.75. The third kappa shape index (κ3) is 5.36. The quantitative estimate of drug-likeness (QED) is 0.535. The van der Waals surface area contributed by atoms with E-state index < -0.39 is 0 Å². The molecule has 2 amide bonds. The Bertz CT molecular complexity index is 989. The minimum atomic E-state index is -0.135. The SMILES string of the molecule is CCn1c(CNC(=O)CSCC(=O)Nc2cccc(Br)c2)nc2ccccc21. The molecule has 0 atom stereocenters. The van der Waals surface area contributed by atoms with Gasteiger partial charge in [-0.1, -0.05) is 34.1 Å². The minimum absolute atomic E-state index is 0.116. The van der Waals surface area contributed by atoms with Gasteiger partial charge in [-0.2, -0.15) is 0 Å². The first-order valence-corrected chi connectivity index (χ1v) is 10.9. The fourth-order valence-corrected chi connectivity index (χ4v) is 3.89. The van der Waals surface area contributed by atoms with Gasteiger partial charge in [0.15, 0.2) is 0 Å². The number of carbonyl (C=O) groups is 2. The molecule has 2 aromatic carbocycles. The van der Waals surface area contributed by atoms with Crippen LogP contribution in [0.1, 0.15) is 12.7 Å². The summed E-state index contributed by atoms with van der Waals surface area (Å²) in [4.78, 5) is 28.7. The smallest absolute Gasteiger partial charge is 0.234 e. The first kappa shape index (κ1) is 20.4.